The molecule has 0 saturated carbocycles. The van der Waals surface area contributed by atoms with Crippen LogP contribution >= 0.6 is 0 Å². The Balaban J connectivity index is 3.69. The molecule has 3 nitrogen and oxygen atoms in total. The Hall–Kier alpha value is -0.120. The molecule has 0 aromatic heterocycles. The minimum Gasteiger partial charge on any atom is -0.355 e. The van der Waals surface area contributed by atoms with Crippen LogP contribution in [-0.4, -0.2) is 33.1 Å². The number of nitrogens with one attached hydrogen (secondary N) is 1. The zero-order valence-corrected chi connectivity index (χ0v) is 9.46. The highest BCUT2D eigenvalue weighted by molar-refractivity contribution is 4.68. The molecule has 13 heavy (non-hydrogen) atoms. The quantitative estimate of drug-likeness (QED) is 0.617. The average Bonchev–Trinajstić information content (AvgIpc) is 2.12. The van der Waals surface area contributed by atoms with E-state index in [2.05, 4.69) is 26.1 Å². The van der Waals surface area contributed by atoms with E-state index < -0.39 is 0 Å². The van der Waals surface area contributed by atoms with Crippen molar-refractivity contribution in [3.05, 3.63) is 0 Å². The maximum absolute atomic E-state index is 5.09. The van der Waals surface area contributed by atoms with Crippen LogP contribution in [0.15, 0.2) is 0 Å². The molecule has 0 spiro atoms. The summed E-state index contributed by atoms with van der Waals surface area (Å²) in [6.07, 6.45) is 1.01. The third-order valence-corrected chi connectivity index (χ3v) is 2.32. The van der Waals surface area contributed by atoms with Gasteiger partial charge in [-0.05, 0) is 12.3 Å². The maximum atomic E-state index is 5.09. The molecule has 1 N–H and O–H groups in total. The SMILES string of the molecule is CCC(NCC(OC)OC)C(C)C. The second-order valence-electron chi connectivity index (χ2n) is 3.57. The van der Waals surface area contributed by atoms with Crippen molar-refractivity contribution in [2.24, 2.45) is 5.92 Å². The topological polar surface area (TPSA) is 30.5 Å². The van der Waals surface area contributed by atoms with Gasteiger partial charge >= 0.3 is 0 Å². The van der Waals surface area contributed by atoms with Gasteiger partial charge in [-0.15, -0.1) is 0 Å². The van der Waals surface area contributed by atoms with E-state index in [0.717, 1.165) is 13.0 Å². The van der Waals surface area contributed by atoms with E-state index >= 15 is 0 Å². The highest BCUT2D eigenvalue weighted by Gasteiger charge is 2.12. The van der Waals surface area contributed by atoms with Crippen molar-refractivity contribution in [1.29, 1.82) is 0 Å². The Bertz CT molecular complexity index is 113. The van der Waals surface area contributed by atoms with Gasteiger partial charge in [-0.2, -0.15) is 0 Å². The van der Waals surface area contributed by atoms with E-state index in [9.17, 15) is 0 Å². The average molecular weight is 189 g/mol. The van der Waals surface area contributed by atoms with Gasteiger partial charge in [0.15, 0.2) is 6.29 Å². The van der Waals surface area contributed by atoms with Gasteiger partial charge in [0, 0.05) is 26.8 Å². The molecular formula is C10H23NO2. The molecule has 0 aliphatic carbocycles. The second-order valence-corrected chi connectivity index (χ2v) is 3.57. The first-order valence-electron chi connectivity index (χ1n) is 4.94. The summed E-state index contributed by atoms with van der Waals surface area (Å²) < 4.78 is 10.2. The van der Waals surface area contributed by atoms with Crippen LogP contribution in [0.25, 0.3) is 0 Å². The lowest BCUT2D eigenvalue weighted by molar-refractivity contribution is -0.100. The molecule has 0 rings (SSSR count). The lowest BCUT2D eigenvalue weighted by Gasteiger charge is -2.23. The first kappa shape index (κ1) is 12.9. The zero-order valence-electron chi connectivity index (χ0n) is 9.46. The summed E-state index contributed by atoms with van der Waals surface area (Å²) in [6, 6.07) is 0.549. The summed E-state index contributed by atoms with van der Waals surface area (Å²) in [5.41, 5.74) is 0. The monoisotopic (exact) mass is 189 g/mol. The fraction of sp³-hybridized carbons (Fsp3) is 1.00. The lowest BCUT2D eigenvalue weighted by atomic mass is 10.0. The van der Waals surface area contributed by atoms with Crippen LogP contribution < -0.4 is 5.32 Å². The Morgan fingerprint density at radius 3 is 2.00 bits per heavy atom. The van der Waals surface area contributed by atoms with E-state index in [-0.39, 0.29) is 6.29 Å². The van der Waals surface area contributed by atoms with Crippen LogP contribution in [0.3, 0.4) is 0 Å². The molecule has 0 bridgehead atoms. The Morgan fingerprint density at radius 1 is 1.15 bits per heavy atom. The standard InChI is InChI=1S/C10H23NO2/c1-6-9(8(2)3)11-7-10(12-4)13-5/h8-11H,6-7H2,1-5H3. The predicted molar refractivity (Wildman–Crippen MR) is 54.7 cm³/mol. The third-order valence-electron chi connectivity index (χ3n) is 2.32. The highest BCUT2D eigenvalue weighted by Crippen LogP contribution is 2.05. The molecule has 3 heteroatoms. The molecule has 0 radical (unpaired) electrons. The van der Waals surface area contributed by atoms with Crippen LogP contribution in [0.1, 0.15) is 27.2 Å². The molecule has 0 aromatic rings. The smallest absolute Gasteiger partial charge is 0.169 e. The second kappa shape index (κ2) is 7.30. The minimum absolute atomic E-state index is 0.132. The van der Waals surface area contributed by atoms with Gasteiger partial charge in [-0.25, -0.2) is 0 Å². The minimum atomic E-state index is -0.132. The van der Waals surface area contributed by atoms with Crippen molar-refractivity contribution >= 4 is 0 Å². The number of hydrogen-bond donors (Lipinski definition) is 1. The number of rotatable bonds is 7. The number of hydrogen-bond acceptors (Lipinski definition) is 3. The van der Waals surface area contributed by atoms with Gasteiger partial charge in [-0.3, -0.25) is 0 Å². The van der Waals surface area contributed by atoms with Crippen LogP contribution in [0, 0.1) is 5.92 Å². The van der Waals surface area contributed by atoms with Crippen LogP contribution in [-0.2, 0) is 9.47 Å². The van der Waals surface area contributed by atoms with Gasteiger partial charge in [0.1, 0.15) is 0 Å². The molecule has 80 valence electrons. The van der Waals surface area contributed by atoms with Gasteiger partial charge < -0.3 is 14.8 Å². The molecule has 0 fully saturated rings. The van der Waals surface area contributed by atoms with Gasteiger partial charge in [0.05, 0.1) is 0 Å². The fourth-order valence-corrected chi connectivity index (χ4v) is 1.36. The molecule has 0 heterocycles. The summed E-state index contributed by atoms with van der Waals surface area (Å²) in [7, 11) is 3.32. The normalized spacial score (nSPS) is 14.1. The molecule has 0 amide bonds. The van der Waals surface area contributed by atoms with Crippen molar-refractivity contribution in [2.75, 3.05) is 20.8 Å². The van der Waals surface area contributed by atoms with Crippen molar-refractivity contribution in [2.45, 2.75) is 39.5 Å². The van der Waals surface area contributed by atoms with E-state index in [1.165, 1.54) is 0 Å². The molecule has 0 aromatic carbocycles. The number of ether oxygens (including phenoxy) is 2. The zero-order chi connectivity index (χ0) is 10.3. The maximum Gasteiger partial charge on any atom is 0.169 e. The number of methoxy groups -OCH3 is 2. The molecule has 0 aliphatic rings. The Kier molecular flexibility index (Phi) is 7.23. The summed E-state index contributed by atoms with van der Waals surface area (Å²) in [6.45, 7) is 7.38. The van der Waals surface area contributed by atoms with Crippen LogP contribution in [0.2, 0.25) is 0 Å². The van der Waals surface area contributed by atoms with E-state index in [1.54, 1.807) is 14.2 Å². The van der Waals surface area contributed by atoms with Crippen LogP contribution in [0.5, 0.6) is 0 Å². The molecule has 1 unspecified atom stereocenters. The van der Waals surface area contributed by atoms with Crippen molar-refractivity contribution < 1.29 is 9.47 Å². The Labute approximate surface area is 81.8 Å². The van der Waals surface area contributed by atoms with Crippen molar-refractivity contribution in [3.63, 3.8) is 0 Å². The van der Waals surface area contributed by atoms with Gasteiger partial charge in [0.2, 0.25) is 0 Å². The lowest BCUT2D eigenvalue weighted by Crippen LogP contribution is -2.39. The van der Waals surface area contributed by atoms with Crippen molar-refractivity contribution in [3.8, 4) is 0 Å². The van der Waals surface area contributed by atoms with E-state index in [0.29, 0.717) is 12.0 Å². The van der Waals surface area contributed by atoms with Crippen molar-refractivity contribution in [1.82, 2.24) is 5.32 Å². The molecule has 0 aliphatic heterocycles. The summed E-state index contributed by atoms with van der Waals surface area (Å²) in [4.78, 5) is 0. The predicted octanol–water partition coefficient (Wildman–Crippen LogP) is 1.63. The Morgan fingerprint density at radius 2 is 1.69 bits per heavy atom. The van der Waals surface area contributed by atoms with Crippen LogP contribution in [0.4, 0.5) is 0 Å². The summed E-state index contributed by atoms with van der Waals surface area (Å²) in [5, 5.41) is 3.42. The highest BCUT2D eigenvalue weighted by atomic mass is 16.7. The fourth-order valence-electron chi connectivity index (χ4n) is 1.36. The molecule has 1 atom stereocenters. The largest absolute Gasteiger partial charge is 0.355 e. The third kappa shape index (κ3) is 5.24. The van der Waals surface area contributed by atoms with E-state index in [1.807, 2.05) is 0 Å². The summed E-state index contributed by atoms with van der Waals surface area (Å²) >= 11 is 0. The molecule has 0 saturated heterocycles. The first-order valence-corrected chi connectivity index (χ1v) is 4.94. The van der Waals surface area contributed by atoms with E-state index in [4.69, 9.17) is 9.47 Å². The van der Waals surface area contributed by atoms with Gasteiger partial charge in [-0.1, -0.05) is 20.8 Å². The molecular weight excluding hydrogens is 166 g/mol. The first-order chi connectivity index (χ1) is 6.15. The van der Waals surface area contributed by atoms with Gasteiger partial charge in [0.25, 0.3) is 0 Å². The summed E-state index contributed by atoms with van der Waals surface area (Å²) in [5.74, 6) is 0.652.